The van der Waals surface area contributed by atoms with Crippen LogP contribution in [0, 0.1) is 13.8 Å². The Morgan fingerprint density at radius 2 is 1.78 bits per heavy atom. The lowest BCUT2D eigenvalue weighted by Crippen LogP contribution is -2.28. The molecule has 0 radical (unpaired) electrons. The number of nitrogens with one attached hydrogen (secondary N) is 1. The molecule has 1 amide bonds. The van der Waals surface area contributed by atoms with E-state index in [4.69, 9.17) is 5.73 Å². The van der Waals surface area contributed by atoms with Crippen LogP contribution in [0.1, 0.15) is 28.3 Å². The van der Waals surface area contributed by atoms with Gasteiger partial charge in [-0.2, -0.15) is 0 Å². The van der Waals surface area contributed by atoms with Crippen LogP contribution in [0.15, 0.2) is 42.5 Å². The first kappa shape index (κ1) is 17.2. The zero-order chi connectivity index (χ0) is 17.0. The lowest BCUT2D eigenvalue weighted by Gasteiger charge is -2.16. The Hall–Kier alpha value is -2.17. The second-order valence-electron chi connectivity index (χ2n) is 6.26. The van der Waals surface area contributed by atoms with Gasteiger partial charge >= 0.3 is 0 Å². The second kappa shape index (κ2) is 7.40. The molecule has 2 aromatic rings. The number of rotatable bonds is 5. The Morgan fingerprint density at radius 3 is 2.39 bits per heavy atom. The Balaban J connectivity index is 2.14. The molecule has 1 unspecified atom stereocenters. The number of hydrogen-bond donors (Lipinski definition) is 2. The molecule has 0 aliphatic rings. The first-order chi connectivity index (χ1) is 10.9. The predicted molar refractivity (Wildman–Crippen MR) is 95.3 cm³/mol. The average molecular weight is 311 g/mol. The van der Waals surface area contributed by atoms with Crippen LogP contribution in [0.5, 0.6) is 0 Å². The minimum absolute atomic E-state index is 0.195. The lowest BCUT2D eigenvalue weighted by molar-refractivity contribution is -0.117. The van der Waals surface area contributed by atoms with E-state index in [1.165, 1.54) is 0 Å². The molecule has 0 saturated carbocycles. The van der Waals surface area contributed by atoms with Gasteiger partial charge in [0.05, 0.1) is 0 Å². The normalized spacial score (nSPS) is 12.3. The lowest BCUT2D eigenvalue weighted by atomic mass is 10.0. The molecule has 2 aromatic carbocycles. The molecule has 23 heavy (non-hydrogen) atoms. The van der Waals surface area contributed by atoms with E-state index in [0.29, 0.717) is 0 Å². The van der Waals surface area contributed by atoms with Gasteiger partial charge < -0.3 is 16.0 Å². The fourth-order valence-corrected chi connectivity index (χ4v) is 2.40. The van der Waals surface area contributed by atoms with Gasteiger partial charge in [-0.25, -0.2) is 0 Å². The highest BCUT2D eigenvalue weighted by Gasteiger charge is 2.16. The van der Waals surface area contributed by atoms with E-state index in [0.717, 1.165) is 34.5 Å². The molecule has 0 bridgehead atoms. The SMILES string of the molecule is Cc1ccc(C(N)C(=O)Nc2cc(CN(C)C)ccc2C)cc1. The molecular formula is C19H25N3O. The monoisotopic (exact) mass is 311 g/mol. The largest absolute Gasteiger partial charge is 0.324 e. The molecule has 2 rings (SSSR count). The standard InChI is InChI=1S/C19H25N3O/c1-13-5-9-16(10-6-13)18(20)19(23)21-17-11-15(12-22(3)4)8-7-14(17)2/h5-11,18H,12,20H2,1-4H3,(H,21,23). The number of carbonyl (C=O) groups is 1. The van der Waals surface area contributed by atoms with E-state index in [-0.39, 0.29) is 5.91 Å². The number of hydrogen-bond acceptors (Lipinski definition) is 3. The van der Waals surface area contributed by atoms with Crippen LogP contribution in [0.4, 0.5) is 5.69 Å². The van der Waals surface area contributed by atoms with Crippen molar-refractivity contribution in [2.45, 2.75) is 26.4 Å². The Morgan fingerprint density at radius 1 is 1.13 bits per heavy atom. The highest BCUT2D eigenvalue weighted by atomic mass is 16.2. The first-order valence-corrected chi connectivity index (χ1v) is 7.74. The molecule has 122 valence electrons. The third-order valence-corrected chi connectivity index (χ3v) is 3.78. The van der Waals surface area contributed by atoms with Gasteiger partial charge in [0.25, 0.3) is 0 Å². The summed E-state index contributed by atoms with van der Waals surface area (Å²) in [4.78, 5) is 14.5. The fraction of sp³-hybridized carbons (Fsp3) is 0.316. The average Bonchev–Trinajstić information content (AvgIpc) is 2.50. The highest BCUT2D eigenvalue weighted by molar-refractivity contribution is 5.96. The van der Waals surface area contributed by atoms with Crippen molar-refractivity contribution in [3.63, 3.8) is 0 Å². The van der Waals surface area contributed by atoms with Crippen molar-refractivity contribution in [3.05, 3.63) is 64.7 Å². The summed E-state index contributed by atoms with van der Waals surface area (Å²) < 4.78 is 0. The number of nitrogens with zero attached hydrogens (tertiary/aromatic N) is 1. The summed E-state index contributed by atoms with van der Waals surface area (Å²) in [5.41, 5.74) is 11.0. The number of aryl methyl sites for hydroxylation is 2. The smallest absolute Gasteiger partial charge is 0.245 e. The van der Waals surface area contributed by atoms with Gasteiger partial charge in [-0.1, -0.05) is 42.0 Å². The third kappa shape index (κ3) is 4.65. The molecule has 4 nitrogen and oxygen atoms in total. The minimum Gasteiger partial charge on any atom is -0.324 e. The summed E-state index contributed by atoms with van der Waals surface area (Å²) in [7, 11) is 4.04. The Kier molecular flexibility index (Phi) is 5.53. The second-order valence-corrected chi connectivity index (χ2v) is 6.26. The zero-order valence-electron chi connectivity index (χ0n) is 14.3. The maximum Gasteiger partial charge on any atom is 0.245 e. The van der Waals surface area contributed by atoms with Gasteiger partial charge in [0.15, 0.2) is 0 Å². The maximum absolute atomic E-state index is 12.4. The maximum atomic E-state index is 12.4. The summed E-state index contributed by atoms with van der Waals surface area (Å²) in [5, 5.41) is 2.95. The number of nitrogens with two attached hydrogens (primary N) is 1. The number of benzene rings is 2. The summed E-state index contributed by atoms with van der Waals surface area (Å²) in [5.74, 6) is -0.195. The van der Waals surface area contributed by atoms with Gasteiger partial charge in [0.2, 0.25) is 5.91 Å². The molecule has 0 aliphatic heterocycles. The van der Waals surface area contributed by atoms with Crippen molar-refractivity contribution in [1.82, 2.24) is 4.90 Å². The quantitative estimate of drug-likeness (QED) is 0.892. The highest BCUT2D eigenvalue weighted by Crippen LogP contribution is 2.20. The molecule has 0 fully saturated rings. The minimum atomic E-state index is -0.674. The number of anilines is 1. The van der Waals surface area contributed by atoms with Crippen LogP contribution >= 0.6 is 0 Å². The van der Waals surface area contributed by atoms with Gasteiger partial charge in [-0.05, 0) is 50.7 Å². The van der Waals surface area contributed by atoms with Gasteiger partial charge in [0, 0.05) is 12.2 Å². The summed E-state index contributed by atoms with van der Waals surface area (Å²) >= 11 is 0. The van der Waals surface area contributed by atoms with E-state index in [1.54, 1.807) is 0 Å². The van der Waals surface area contributed by atoms with Gasteiger partial charge in [-0.3, -0.25) is 4.79 Å². The molecule has 1 atom stereocenters. The van der Waals surface area contributed by atoms with Crippen LogP contribution in [0.3, 0.4) is 0 Å². The molecule has 3 N–H and O–H groups in total. The van der Waals surface area contributed by atoms with Crippen molar-refractivity contribution in [2.75, 3.05) is 19.4 Å². The number of amides is 1. The van der Waals surface area contributed by atoms with Crippen molar-refractivity contribution < 1.29 is 4.79 Å². The van der Waals surface area contributed by atoms with Crippen LogP contribution in [-0.4, -0.2) is 24.9 Å². The van der Waals surface area contributed by atoms with Crippen LogP contribution in [0.2, 0.25) is 0 Å². The summed E-state index contributed by atoms with van der Waals surface area (Å²) in [6.45, 7) is 4.81. The molecular weight excluding hydrogens is 286 g/mol. The van der Waals surface area contributed by atoms with Crippen molar-refractivity contribution in [1.29, 1.82) is 0 Å². The molecule has 0 aliphatic carbocycles. The Labute approximate surface area is 138 Å². The van der Waals surface area contributed by atoms with Crippen LogP contribution in [0.25, 0.3) is 0 Å². The predicted octanol–water partition coefficient (Wildman–Crippen LogP) is 3.00. The molecule has 4 heteroatoms. The van der Waals surface area contributed by atoms with E-state index in [9.17, 15) is 4.79 Å². The van der Waals surface area contributed by atoms with E-state index >= 15 is 0 Å². The third-order valence-electron chi connectivity index (χ3n) is 3.78. The zero-order valence-corrected chi connectivity index (χ0v) is 14.3. The molecule has 0 spiro atoms. The van der Waals surface area contributed by atoms with Crippen molar-refractivity contribution in [2.24, 2.45) is 5.73 Å². The fourth-order valence-electron chi connectivity index (χ4n) is 2.40. The van der Waals surface area contributed by atoms with Crippen molar-refractivity contribution in [3.8, 4) is 0 Å². The summed E-state index contributed by atoms with van der Waals surface area (Å²) in [6, 6.07) is 13.2. The summed E-state index contributed by atoms with van der Waals surface area (Å²) in [6.07, 6.45) is 0. The molecule has 0 aromatic heterocycles. The van der Waals surface area contributed by atoms with Gasteiger partial charge in [-0.15, -0.1) is 0 Å². The van der Waals surface area contributed by atoms with E-state index in [1.807, 2.05) is 64.3 Å². The Bertz CT molecular complexity index is 678. The topological polar surface area (TPSA) is 58.4 Å². The molecule has 0 saturated heterocycles. The first-order valence-electron chi connectivity index (χ1n) is 7.74. The molecule has 0 heterocycles. The van der Waals surface area contributed by atoms with Crippen molar-refractivity contribution >= 4 is 11.6 Å². The van der Waals surface area contributed by atoms with E-state index in [2.05, 4.69) is 16.3 Å². The van der Waals surface area contributed by atoms with Crippen LogP contribution < -0.4 is 11.1 Å². The van der Waals surface area contributed by atoms with Crippen LogP contribution in [-0.2, 0) is 11.3 Å². The van der Waals surface area contributed by atoms with Gasteiger partial charge in [0.1, 0.15) is 6.04 Å². The number of carbonyl (C=O) groups excluding carboxylic acids is 1. The van der Waals surface area contributed by atoms with E-state index < -0.39 is 6.04 Å².